The van der Waals surface area contributed by atoms with Gasteiger partial charge in [-0.25, -0.2) is 4.98 Å². The van der Waals surface area contributed by atoms with Gasteiger partial charge in [0.2, 0.25) is 0 Å². The van der Waals surface area contributed by atoms with Crippen molar-refractivity contribution in [3.05, 3.63) is 11.1 Å². The monoisotopic (exact) mass is 279 g/mol. The third-order valence-corrected chi connectivity index (χ3v) is 5.96. The van der Waals surface area contributed by atoms with Crippen molar-refractivity contribution in [3.63, 3.8) is 0 Å². The van der Waals surface area contributed by atoms with Gasteiger partial charge in [-0.2, -0.15) is 0 Å². The second-order valence-corrected chi connectivity index (χ2v) is 7.28. The van der Waals surface area contributed by atoms with Gasteiger partial charge in [0.15, 0.2) is 5.13 Å². The Labute approximate surface area is 120 Å². The van der Waals surface area contributed by atoms with Crippen LogP contribution < -0.4 is 10.2 Å². The average molecular weight is 279 g/mol. The third kappa shape index (κ3) is 2.95. The summed E-state index contributed by atoms with van der Waals surface area (Å²) < 4.78 is 0. The molecule has 1 aromatic rings. The van der Waals surface area contributed by atoms with E-state index in [1.807, 2.05) is 24.6 Å². The van der Waals surface area contributed by atoms with Crippen molar-refractivity contribution in [1.82, 2.24) is 10.3 Å². The number of aromatic nitrogens is 1. The van der Waals surface area contributed by atoms with Gasteiger partial charge >= 0.3 is 0 Å². The van der Waals surface area contributed by atoms with Crippen LogP contribution in [0.1, 0.15) is 49.8 Å². The molecule has 1 spiro atoms. The number of thiazole rings is 1. The quantitative estimate of drug-likeness (QED) is 0.919. The van der Waals surface area contributed by atoms with Crippen LogP contribution in [0.2, 0.25) is 0 Å². The van der Waals surface area contributed by atoms with Gasteiger partial charge in [-0.15, -0.1) is 11.3 Å². The molecule has 1 aliphatic heterocycles. The van der Waals surface area contributed by atoms with Gasteiger partial charge in [0.25, 0.3) is 0 Å². The maximum Gasteiger partial charge on any atom is 0.185 e. The highest BCUT2D eigenvalue weighted by Crippen LogP contribution is 2.45. The predicted molar refractivity (Wildman–Crippen MR) is 81.8 cm³/mol. The Morgan fingerprint density at radius 2 is 1.95 bits per heavy atom. The van der Waals surface area contributed by atoms with Crippen molar-refractivity contribution in [2.24, 2.45) is 5.41 Å². The van der Waals surface area contributed by atoms with E-state index in [1.165, 1.54) is 68.0 Å². The summed E-state index contributed by atoms with van der Waals surface area (Å²) in [5.41, 5.74) is 0.694. The van der Waals surface area contributed by atoms with Gasteiger partial charge in [-0.3, -0.25) is 0 Å². The van der Waals surface area contributed by atoms with Gasteiger partial charge in [0, 0.05) is 30.7 Å². The fourth-order valence-electron chi connectivity index (χ4n) is 3.67. The number of nitrogens with zero attached hydrogens (tertiary/aromatic N) is 2. The summed E-state index contributed by atoms with van der Waals surface area (Å²) in [4.78, 5) is 8.44. The highest BCUT2D eigenvalue weighted by atomic mass is 32.1. The summed E-state index contributed by atoms with van der Waals surface area (Å²) in [6, 6.07) is 0. The molecule has 1 N–H and O–H groups in total. The van der Waals surface area contributed by atoms with E-state index in [0.717, 1.165) is 6.54 Å². The Morgan fingerprint density at radius 3 is 2.63 bits per heavy atom. The molecule has 106 valence electrons. The zero-order chi connectivity index (χ0) is 13.1. The average Bonchev–Trinajstić information content (AvgIpc) is 2.90. The highest BCUT2D eigenvalue weighted by Gasteiger charge is 2.35. The Morgan fingerprint density at radius 1 is 1.21 bits per heavy atom. The lowest BCUT2D eigenvalue weighted by Gasteiger charge is -2.44. The molecule has 1 saturated carbocycles. The Bertz CT molecular complexity index is 399. The van der Waals surface area contributed by atoms with E-state index in [4.69, 9.17) is 0 Å². The SMILES string of the molecule is CNCc1cnc(N2CCC3(CCCCC3)CC2)s1. The van der Waals surface area contributed by atoms with Gasteiger partial charge in [0.05, 0.1) is 0 Å². The largest absolute Gasteiger partial charge is 0.348 e. The maximum absolute atomic E-state index is 4.60. The summed E-state index contributed by atoms with van der Waals surface area (Å²) in [6.07, 6.45) is 12.1. The first-order chi connectivity index (χ1) is 9.31. The van der Waals surface area contributed by atoms with Crippen LogP contribution >= 0.6 is 11.3 Å². The molecule has 0 radical (unpaired) electrons. The number of hydrogen-bond acceptors (Lipinski definition) is 4. The predicted octanol–water partition coefficient (Wildman–Crippen LogP) is 3.41. The highest BCUT2D eigenvalue weighted by molar-refractivity contribution is 7.15. The van der Waals surface area contributed by atoms with Crippen LogP contribution in [0.5, 0.6) is 0 Å². The summed E-state index contributed by atoms with van der Waals surface area (Å²) in [5.74, 6) is 0. The number of hydrogen-bond donors (Lipinski definition) is 1. The zero-order valence-electron chi connectivity index (χ0n) is 12.0. The van der Waals surface area contributed by atoms with Crippen LogP contribution in [0.25, 0.3) is 0 Å². The number of nitrogens with one attached hydrogen (secondary N) is 1. The molecule has 0 amide bonds. The van der Waals surface area contributed by atoms with Crippen molar-refractivity contribution in [1.29, 1.82) is 0 Å². The molecular weight excluding hydrogens is 254 g/mol. The van der Waals surface area contributed by atoms with Gasteiger partial charge < -0.3 is 10.2 Å². The Hall–Kier alpha value is -0.610. The van der Waals surface area contributed by atoms with Crippen LogP contribution in [0.4, 0.5) is 5.13 Å². The topological polar surface area (TPSA) is 28.2 Å². The molecule has 1 aromatic heterocycles. The van der Waals surface area contributed by atoms with Crippen molar-refractivity contribution in [2.75, 3.05) is 25.0 Å². The van der Waals surface area contributed by atoms with Crippen molar-refractivity contribution in [2.45, 2.75) is 51.5 Å². The zero-order valence-corrected chi connectivity index (χ0v) is 12.8. The summed E-state index contributed by atoms with van der Waals surface area (Å²) >= 11 is 1.85. The van der Waals surface area contributed by atoms with E-state index < -0.39 is 0 Å². The lowest BCUT2D eigenvalue weighted by molar-refractivity contribution is 0.144. The van der Waals surface area contributed by atoms with E-state index >= 15 is 0 Å². The Kier molecular flexibility index (Phi) is 4.08. The van der Waals surface area contributed by atoms with Crippen molar-refractivity contribution < 1.29 is 0 Å². The summed E-state index contributed by atoms with van der Waals surface area (Å²) in [5, 5.41) is 4.43. The van der Waals surface area contributed by atoms with Crippen LogP contribution in [-0.4, -0.2) is 25.1 Å². The molecule has 2 fully saturated rings. The Balaban J connectivity index is 1.59. The lowest BCUT2D eigenvalue weighted by atomic mass is 9.68. The normalized spacial score (nSPS) is 22.9. The molecular formula is C15H25N3S. The molecule has 0 atom stereocenters. The standard InChI is InChI=1S/C15H25N3S/c1-16-11-13-12-17-14(19-13)18-9-7-15(8-10-18)5-3-2-4-6-15/h12,16H,2-11H2,1H3. The first-order valence-electron chi connectivity index (χ1n) is 7.66. The second kappa shape index (κ2) is 5.80. The smallest absolute Gasteiger partial charge is 0.185 e. The first-order valence-corrected chi connectivity index (χ1v) is 8.47. The molecule has 0 bridgehead atoms. The van der Waals surface area contributed by atoms with E-state index in [2.05, 4.69) is 15.2 Å². The van der Waals surface area contributed by atoms with E-state index in [-0.39, 0.29) is 0 Å². The van der Waals surface area contributed by atoms with Crippen LogP contribution in [0, 0.1) is 5.41 Å². The number of anilines is 1. The van der Waals surface area contributed by atoms with Gasteiger partial charge in [-0.1, -0.05) is 19.3 Å². The minimum atomic E-state index is 0.694. The molecule has 3 nitrogen and oxygen atoms in total. The van der Waals surface area contributed by atoms with Gasteiger partial charge in [-0.05, 0) is 38.1 Å². The lowest BCUT2D eigenvalue weighted by Crippen LogP contribution is -2.41. The van der Waals surface area contributed by atoms with E-state index in [1.54, 1.807) is 0 Å². The maximum atomic E-state index is 4.60. The minimum absolute atomic E-state index is 0.694. The molecule has 2 heterocycles. The first kappa shape index (κ1) is 13.4. The van der Waals surface area contributed by atoms with Crippen molar-refractivity contribution in [3.8, 4) is 0 Å². The molecule has 2 aliphatic rings. The molecule has 3 rings (SSSR count). The molecule has 19 heavy (non-hydrogen) atoms. The number of piperidine rings is 1. The molecule has 4 heteroatoms. The van der Waals surface area contributed by atoms with Crippen LogP contribution in [0.15, 0.2) is 6.20 Å². The third-order valence-electron chi connectivity index (χ3n) is 4.90. The van der Waals surface area contributed by atoms with E-state index in [0.29, 0.717) is 5.41 Å². The van der Waals surface area contributed by atoms with Crippen LogP contribution in [-0.2, 0) is 6.54 Å². The van der Waals surface area contributed by atoms with E-state index in [9.17, 15) is 0 Å². The molecule has 1 saturated heterocycles. The minimum Gasteiger partial charge on any atom is -0.348 e. The fraction of sp³-hybridized carbons (Fsp3) is 0.800. The summed E-state index contributed by atoms with van der Waals surface area (Å²) in [6.45, 7) is 3.37. The second-order valence-electron chi connectivity index (χ2n) is 6.19. The molecule has 0 unspecified atom stereocenters. The molecule has 0 aromatic carbocycles. The van der Waals surface area contributed by atoms with Crippen LogP contribution in [0.3, 0.4) is 0 Å². The fourth-order valence-corrected chi connectivity index (χ4v) is 4.65. The van der Waals surface area contributed by atoms with Crippen molar-refractivity contribution >= 4 is 16.5 Å². The number of rotatable bonds is 3. The summed E-state index contributed by atoms with van der Waals surface area (Å²) in [7, 11) is 1.99. The van der Waals surface area contributed by atoms with Gasteiger partial charge in [0.1, 0.15) is 0 Å². The molecule has 1 aliphatic carbocycles.